The predicted octanol–water partition coefficient (Wildman–Crippen LogP) is 2.33. The minimum atomic E-state index is -1.49. The van der Waals surface area contributed by atoms with Gasteiger partial charge in [0.25, 0.3) is 0 Å². The molecule has 1 N–H and O–H groups in total. The van der Waals surface area contributed by atoms with E-state index in [9.17, 15) is 13.2 Å². The van der Waals surface area contributed by atoms with E-state index in [1.54, 1.807) is 7.05 Å². The highest BCUT2D eigenvalue weighted by Gasteiger charge is 2.16. The molecule has 0 aliphatic carbocycles. The fraction of sp³-hybridized carbons (Fsp3) is 0.100. The van der Waals surface area contributed by atoms with Crippen LogP contribution in [0.4, 0.5) is 19.1 Å². The van der Waals surface area contributed by atoms with Gasteiger partial charge in [-0.1, -0.05) is 0 Å². The number of hydrogen-bond acceptors (Lipinski definition) is 2. The Morgan fingerprint density at radius 2 is 1.94 bits per heavy atom. The van der Waals surface area contributed by atoms with Gasteiger partial charge >= 0.3 is 0 Å². The van der Waals surface area contributed by atoms with Crippen molar-refractivity contribution in [3.05, 3.63) is 42.0 Å². The quantitative estimate of drug-likeness (QED) is 0.798. The number of halogens is 3. The van der Waals surface area contributed by atoms with Gasteiger partial charge in [-0.2, -0.15) is 0 Å². The molecule has 0 atom stereocenters. The highest BCUT2D eigenvalue weighted by atomic mass is 19.2. The van der Waals surface area contributed by atoms with Crippen LogP contribution in [0.5, 0.6) is 0 Å². The molecule has 6 heteroatoms. The highest BCUT2D eigenvalue weighted by Crippen LogP contribution is 2.21. The van der Waals surface area contributed by atoms with Crippen molar-refractivity contribution < 1.29 is 13.2 Å². The maximum atomic E-state index is 13.5. The first kappa shape index (κ1) is 10.5. The van der Waals surface area contributed by atoms with Crippen LogP contribution < -0.4 is 5.32 Å². The van der Waals surface area contributed by atoms with Gasteiger partial charge in [-0.3, -0.25) is 4.57 Å². The first-order valence-electron chi connectivity index (χ1n) is 4.50. The third-order valence-electron chi connectivity index (χ3n) is 2.14. The van der Waals surface area contributed by atoms with Gasteiger partial charge in [0.15, 0.2) is 17.5 Å². The zero-order chi connectivity index (χ0) is 11.7. The smallest absolute Gasteiger partial charge is 0.207 e. The Bertz CT molecular complexity index is 522. The number of nitrogens with zero attached hydrogens (tertiary/aromatic N) is 2. The number of benzene rings is 1. The SMILES string of the molecule is CNc1nccn1-c1ccc(F)c(F)c1F. The summed E-state index contributed by atoms with van der Waals surface area (Å²) >= 11 is 0. The molecule has 0 unspecified atom stereocenters. The second-order valence-electron chi connectivity index (χ2n) is 3.07. The Labute approximate surface area is 89.5 Å². The number of imidazole rings is 1. The maximum Gasteiger partial charge on any atom is 0.207 e. The van der Waals surface area contributed by atoms with Crippen molar-refractivity contribution in [1.82, 2.24) is 9.55 Å². The molecule has 0 aliphatic heterocycles. The Balaban J connectivity index is 2.61. The van der Waals surface area contributed by atoms with Crippen molar-refractivity contribution in [3.8, 4) is 5.69 Å². The van der Waals surface area contributed by atoms with Gasteiger partial charge < -0.3 is 5.32 Å². The molecule has 3 nitrogen and oxygen atoms in total. The Kier molecular flexibility index (Phi) is 2.55. The summed E-state index contributed by atoms with van der Waals surface area (Å²) in [7, 11) is 1.59. The number of anilines is 1. The molecule has 0 fully saturated rings. The van der Waals surface area contributed by atoms with Gasteiger partial charge in [-0.25, -0.2) is 18.2 Å². The lowest BCUT2D eigenvalue weighted by Crippen LogP contribution is -2.05. The number of nitrogens with one attached hydrogen (secondary N) is 1. The standard InChI is InChI=1S/C10H8F3N3/c1-14-10-15-4-5-16(10)7-3-2-6(11)8(12)9(7)13/h2-5H,1H3,(H,14,15). The van der Waals surface area contributed by atoms with Crippen LogP contribution in [0.2, 0.25) is 0 Å². The van der Waals surface area contributed by atoms with Gasteiger partial charge in [-0.05, 0) is 12.1 Å². The van der Waals surface area contributed by atoms with Crippen molar-refractivity contribution in [2.75, 3.05) is 12.4 Å². The van der Waals surface area contributed by atoms with E-state index in [0.717, 1.165) is 12.1 Å². The molecule has 1 aromatic heterocycles. The molecule has 0 saturated heterocycles. The van der Waals surface area contributed by atoms with Crippen LogP contribution >= 0.6 is 0 Å². The van der Waals surface area contributed by atoms with Gasteiger partial charge in [0.05, 0.1) is 5.69 Å². The summed E-state index contributed by atoms with van der Waals surface area (Å²) in [6.45, 7) is 0. The highest BCUT2D eigenvalue weighted by molar-refractivity contribution is 5.42. The summed E-state index contributed by atoms with van der Waals surface area (Å²) in [4.78, 5) is 3.87. The van der Waals surface area contributed by atoms with E-state index >= 15 is 0 Å². The average molecular weight is 227 g/mol. The molecule has 0 spiro atoms. The molecular formula is C10H8F3N3. The van der Waals surface area contributed by atoms with E-state index < -0.39 is 17.5 Å². The summed E-state index contributed by atoms with van der Waals surface area (Å²) in [5.74, 6) is -3.61. The number of aromatic nitrogens is 2. The molecule has 0 radical (unpaired) electrons. The van der Waals surface area contributed by atoms with Crippen molar-refractivity contribution in [3.63, 3.8) is 0 Å². The zero-order valence-corrected chi connectivity index (χ0v) is 8.34. The summed E-state index contributed by atoms with van der Waals surface area (Å²) in [5.41, 5.74) is -0.0965. The summed E-state index contributed by atoms with van der Waals surface area (Å²) in [6.07, 6.45) is 2.87. The molecule has 0 aliphatic rings. The van der Waals surface area contributed by atoms with E-state index in [4.69, 9.17) is 0 Å². The minimum Gasteiger partial charge on any atom is -0.358 e. The Morgan fingerprint density at radius 1 is 1.19 bits per heavy atom. The van der Waals surface area contributed by atoms with E-state index in [-0.39, 0.29) is 5.69 Å². The van der Waals surface area contributed by atoms with Crippen LogP contribution in [0, 0.1) is 17.5 Å². The monoisotopic (exact) mass is 227 g/mol. The van der Waals surface area contributed by atoms with Crippen LogP contribution in [-0.2, 0) is 0 Å². The molecule has 0 bridgehead atoms. The van der Waals surface area contributed by atoms with Crippen LogP contribution in [0.3, 0.4) is 0 Å². The first-order chi connectivity index (χ1) is 7.65. The van der Waals surface area contributed by atoms with Gasteiger partial charge in [0.1, 0.15) is 0 Å². The average Bonchev–Trinajstić information content (AvgIpc) is 2.74. The molecule has 0 amide bonds. The van der Waals surface area contributed by atoms with E-state index in [1.807, 2.05) is 0 Å². The fourth-order valence-corrected chi connectivity index (χ4v) is 1.38. The van der Waals surface area contributed by atoms with Crippen molar-refractivity contribution >= 4 is 5.95 Å². The molecule has 0 saturated carbocycles. The second-order valence-corrected chi connectivity index (χ2v) is 3.07. The summed E-state index contributed by atoms with van der Waals surface area (Å²) in [6, 6.07) is 2.02. The first-order valence-corrected chi connectivity index (χ1v) is 4.50. The number of rotatable bonds is 2. The lowest BCUT2D eigenvalue weighted by atomic mass is 10.3. The largest absolute Gasteiger partial charge is 0.358 e. The summed E-state index contributed by atoms with van der Waals surface area (Å²) < 4.78 is 40.5. The third-order valence-corrected chi connectivity index (χ3v) is 2.14. The topological polar surface area (TPSA) is 29.9 Å². The lowest BCUT2D eigenvalue weighted by Gasteiger charge is -2.08. The van der Waals surface area contributed by atoms with E-state index in [0.29, 0.717) is 5.95 Å². The van der Waals surface area contributed by atoms with Crippen LogP contribution in [0.25, 0.3) is 5.69 Å². The molecule has 2 rings (SSSR count). The van der Waals surface area contributed by atoms with Crippen LogP contribution in [0.1, 0.15) is 0 Å². The van der Waals surface area contributed by atoms with Crippen LogP contribution in [-0.4, -0.2) is 16.6 Å². The Morgan fingerprint density at radius 3 is 2.62 bits per heavy atom. The molecule has 16 heavy (non-hydrogen) atoms. The molecule has 84 valence electrons. The van der Waals surface area contributed by atoms with Crippen molar-refractivity contribution in [2.24, 2.45) is 0 Å². The lowest BCUT2D eigenvalue weighted by molar-refractivity contribution is 0.445. The van der Waals surface area contributed by atoms with E-state index in [1.165, 1.54) is 17.0 Å². The third kappa shape index (κ3) is 1.52. The summed E-state index contributed by atoms with van der Waals surface area (Å²) in [5, 5.41) is 2.70. The zero-order valence-electron chi connectivity index (χ0n) is 8.34. The second kappa shape index (κ2) is 3.88. The van der Waals surface area contributed by atoms with Crippen molar-refractivity contribution in [2.45, 2.75) is 0 Å². The molecular weight excluding hydrogens is 219 g/mol. The Hall–Kier alpha value is -1.98. The van der Waals surface area contributed by atoms with E-state index in [2.05, 4.69) is 10.3 Å². The van der Waals surface area contributed by atoms with Gasteiger partial charge in [0, 0.05) is 19.4 Å². The fourth-order valence-electron chi connectivity index (χ4n) is 1.38. The molecule has 2 aromatic rings. The van der Waals surface area contributed by atoms with Crippen molar-refractivity contribution in [1.29, 1.82) is 0 Å². The van der Waals surface area contributed by atoms with Gasteiger partial charge in [0.2, 0.25) is 5.95 Å². The van der Waals surface area contributed by atoms with Gasteiger partial charge in [-0.15, -0.1) is 0 Å². The predicted molar refractivity (Wildman–Crippen MR) is 53.0 cm³/mol. The maximum absolute atomic E-state index is 13.5. The molecule has 1 heterocycles. The normalized spacial score (nSPS) is 10.5. The minimum absolute atomic E-state index is 0.0965. The number of hydrogen-bond donors (Lipinski definition) is 1. The molecule has 1 aromatic carbocycles. The van der Waals surface area contributed by atoms with Crippen LogP contribution in [0.15, 0.2) is 24.5 Å².